The van der Waals surface area contributed by atoms with Crippen molar-refractivity contribution in [2.24, 2.45) is 0 Å². The van der Waals surface area contributed by atoms with Crippen LogP contribution in [0.25, 0.3) is 0 Å². The number of carboxylic acid groups (broad SMARTS) is 2. The van der Waals surface area contributed by atoms with Gasteiger partial charge in [-0.05, 0) is 24.3 Å². The van der Waals surface area contributed by atoms with Crippen LogP contribution in [0.3, 0.4) is 0 Å². The number of nitrogens with zero attached hydrogens (tertiary/aromatic N) is 1. The second kappa shape index (κ2) is 5.25. The molecule has 10 heteroatoms. The van der Waals surface area contributed by atoms with E-state index in [9.17, 15) is 18.0 Å². The number of anilines is 1. The molecule has 0 unspecified atom stereocenters. The minimum Gasteiger partial charge on any atom is -0.478 e. The lowest BCUT2D eigenvalue weighted by molar-refractivity contribution is 0.0696. The summed E-state index contributed by atoms with van der Waals surface area (Å²) in [6, 6.07) is 4.16. The Kier molecular flexibility index (Phi) is 3.63. The summed E-state index contributed by atoms with van der Waals surface area (Å²) in [5.41, 5.74) is -0.878. The van der Waals surface area contributed by atoms with Crippen molar-refractivity contribution in [2.75, 3.05) is 4.72 Å². The van der Waals surface area contributed by atoms with Crippen molar-refractivity contribution >= 4 is 27.6 Å². The van der Waals surface area contributed by atoms with Crippen LogP contribution in [0.1, 0.15) is 20.7 Å². The zero-order valence-corrected chi connectivity index (χ0v) is 11.1. The molecular formula is C11H9N3O6S. The van der Waals surface area contributed by atoms with Gasteiger partial charge in [0.15, 0.2) is 5.03 Å². The third-order valence-corrected chi connectivity index (χ3v) is 3.75. The van der Waals surface area contributed by atoms with Crippen LogP contribution in [-0.2, 0) is 10.0 Å². The van der Waals surface area contributed by atoms with Gasteiger partial charge in [0, 0.05) is 0 Å². The molecule has 0 saturated carbocycles. The summed E-state index contributed by atoms with van der Waals surface area (Å²) in [4.78, 5) is 21.9. The number of aromatic amines is 1. The second-order valence-electron chi connectivity index (χ2n) is 3.94. The van der Waals surface area contributed by atoms with Crippen LogP contribution in [0, 0.1) is 0 Å². The van der Waals surface area contributed by atoms with Crippen LogP contribution in [0.4, 0.5) is 5.69 Å². The highest BCUT2D eigenvalue weighted by Crippen LogP contribution is 2.19. The van der Waals surface area contributed by atoms with Crippen molar-refractivity contribution in [3.63, 3.8) is 0 Å². The molecule has 4 N–H and O–H groups in total. The number of aromatic nitrogens is 2. The summed E-state index contributed by atoms with van der Waals surface area (Å²) in [7, 11) is -4.01. The fourth-order valence-corrected chi connectivity index (χ4v) is 2.49. The van der Waals surface area contributed by atoms with E-state index in [2.05, 4.69) is 14.9 Å². The second-order valence-corrected chi connectivity index (χ2v) is 5.59. The summed E-state index contributed by atoms with van der Waals surface area (Å²) < 4.78 is 26.0. The Morgan fingerprint density at radius 1 is 1.10 bits per heavy atom. The Labute approximate surface area is 118 Å². The number of carboxylic acids is 2. The molecule has 0 spiro atoms. The highest BCUT2D eigenvalue weighted by atomic mass is 32.2. The molecule has 0 saturated heterocycles. The SMILES string of the molecule is O=C(O)c1cc(NS(=O)(=O)c2ccn[nH]2)cc(C(=O)O)c1. The Bertz CT molecular complexity index is 765. The topological polar surface area (TPSA) is 149 Å². The number of carbonyl (C=O) groups is 2. The number of H-pyrrole nitrogens is 1. The lowest BCUT2D eigenvalue weighted by Crippen LogP contribution is -2.15. The van der Waals surface area contributed by atoms with E-state index >= 15 is 0 Å². The minimum atomic E-state index is -4.01. The van der Waals surface area contributed by atoms with Crippen LogP contribution < -0.4 is 4.72 Å². The van der Waals surface area contributed by atoms with E-state index in [4.69, 9.17) is 10.2 Å². The number of nitrogens with one attached hydrogen (secondary N) is 2. The van der Waals surface area contributed by atoms with Gasteiger partial charge < -0.3 is 10.2 Å². The van der Waals surface area contributed by atoms with Crippen molar-refractivity contribution in [3.05, 3.63) is 41.6 Å². The predicted molar refractivity (Wildman–Crippen MR) is 69.8 cm³/mol. The van der Waals surface area contributed by atoms with Crippen molar-refractivity contribution in [1.29, 1.82) is 0 Å². The third kappa shape index (κ3) is 3.17. The molecule has 0 fully saturated rings. The monoisotopic (exact) mass is 311 g/mol. The number of aromatic carboxylic acids is 2. The van der Waals surface area contributed by atoms with Gasteiger partial charge in [0.2, 0.25) is 0 Å². The zero-order valence-electron chi connectivity index (χ0n) is 10.3. The maximum absolute atomic E-state index is 11.9. The summed E-state index contributed by atoms with van der Waals surface area (Å²) in [6.45, 7) is 0. The highest BCUT2D eigenvalue weighted by Gasteiger charge is 2.18. The number of rotatable bonds is 5. The fourth-order valence-electron chi connectivity index (χ4n) is 1.54. The molecular weight excluding hydrogens is 302 g/mol. The first kappa shape index (κ1) is 14.5. The molecule has 2 rings (SSSR count). The van der Waals surface area contributed by atoms with Crippen molar-refractivity contribution in [3.8, 4) is 0 Å². The minimum absolute atomic E-state index is 0.179. The first-order chi connectivity index (χ1) is 9.79. The van der Waals surface area contributed by atoms with E-state index in [1.54, 1.807) is 0 Å². The van der Waals surface area contributed by atoms with Gasteiger partial charge in [-0.3, -0.25) is 9.82 Å². The number of hydrogen-bond acceptors (Lipinski definition) is 5. The average Bonchev–Trinajstić information content (AvgIpc) is 2.92. The van der Waals surface area contributed by atoms with Gasteiger partial charge in [-0.1, -0.05) is 0 Å². The van der Waals surface area contributed by atoms with E-state index in [1.165, 1.54) is 12.3 Å². The quantitative estimate of drug-likeness (QED) is 0.631. The molecule has 0 atom stereocenters. The van der Waals surface area contributed by atoms with Crippen molar-refractivity contribution < 1.29 is 28.2 Å². The van der Waals surface area contributed by atoms with E-state index in [-0.39, 0.29) is 21.8 Å². The third-order valence-electron chi connectivity index (χ3n) is 2.44. The maximum Gasteiger partial charge on any atom is 0.335 e. The molecule has 0 bridgehead atoms. The van der Waals surface area contributed by atoms with Gasteiger partial charge in [-0.2, -0.15) is 13.5 Å². The van der Waals surface area contributed by atoms with E-state index in [0.717, 1.165) is 18.2 Å². The first-order valence-electron chi connectivity index (χ1n) is 5.43. The summed E-state index contributed by atoms with van der Waals surface area (Å²) in [5, 5.41) is 23.3. The van der Waals surface area contributed by atoms with Gasteiger partial charge in [0.05, 0.1) is 23.0 Å². The molecule has 0 radical (unpaired) electrons. The Morgan fingerprint density at radius 3 is 2.10 bits per heavy atom. The van der Waals surface area contributed by atoms with Crippen LogP contribution >= 0.6 is 0 Å². The maximum atomic E-state index is 11.9. The van der Waals surface area contributed by atoms with Gasteiger partial charge in [0.25, 0.3) is 10.0 Å². The molecule has 2 aromatic rings. The molecule has 1 aromatic heterocycles. The number of benzene rings is 1. The first-order valence-corrected chi connectivity index (χ1v) is 6.92. The predicted octanol–water partition coefficient (Wildman–Crippen LogP) is 0.607. The molecule has 21 heavy (non-hydrogen) atoms. The van der Waals surface area contributed by atoms with E-state index in [1.807, 2.05) is 0 Å². The number of sulfonamides is 1. The van der Waals surface area contributed by atoms with Crippen molar-refractivity contribution in [1.82, 2.24) is 10.2 Å². The van der Waals surface area contributed by atoms with E-state index < -0.39 is 22.0 Å². The van der Waals surface area contributed by atoms with Gasteiger partial charge in [0.1, 0.15) is 0 Å². The molecule has 0 aliphatic carbocycles. The Morgan fingerprint density at radius 2 is 1.67 bits per heavy atom. The summed E-state index contributed by atoms with van der Waals surface area (Å²) in [6.07, 6.45) is 1.23. The fraction of sp³-hybridized carbons (Fsp3) is 0. The lowest BCUT2D eigenvalue weighted by atomic mass is 10.1. The van der Waals surface area contributed by atoms with Crippen LogP contribution in [0.15, 0.2) is 35.5 Å². The highest BCUT2D eigenvalue weighted by molar-refractivity contribution is 7.92. The zero-order chi connectivity index (χ0) is 15.6. The van der Waals surface area contributed by atoms with Gasteiger partial charge in [-0.25, -0.2) is 9.59 Å². The van der Waals surface area contributed by atoms with Crippen LogP contribution in [0.5, 0.6) is 0 Å². The Hall–Kier alpha value is -2.88. The molecule has 0 aliphatic heterocycles. The van der Waals surface area contributed by atoms with Crippen molar-refractivity contribution in [2.45, 2.75) is 5.03 Å². The molecule has 0 aliphatic rings. The van der Waals surface area contributed by atoms with Crippen LogP contribution in [-0.4, -0.2) is 40.8 Å². The summed E-state index contributed by atoms with van der Waals surface area (Å²) >= 11 is 0. The Balaban J connectivity index is 2.45. The normalized spacial score (nSPS) is 11.0. The average molecular weight is 311 g/mol. The van der Waals surface area contributed by atoms with Crippen LogP contribution in [0.2, 0.25) is 0 Å². The standard InChI is InChI=1S/C11H9N3O6S/c15-10(16)6-3-7(11(17)18)5-8(4-6)14-21(19,20)9-1-2-12-13-9/h1-5,14H,(H,12,13)(H,15,16)(H,17,18). The molecule has 9 nitrogen and oxygen atoms in total. The lowest BCUT2D eigenvalue weighted by Gasteiger charge is -2.08. The van der Waals surface area contributed by atoms with Gasteiger partial charge in [-0.15, -0.1) is 0 Å². The summed E-state index contributed by atoms with van der Waals surface area (Å²) in [5.74, 6) is -2.75. The molecule has 1 heterocycles. The van der Waals surface area contributed by atoms with E-state index in [0.29, 0.717) is 0 Å². The molecule has 0 amide bonds. The van der Waals surface area contributed by atoms with Gasteiger partial charge >= 0.3 is 11.9 Å². The molecule has 110 valence electrons. The number of hydrogen-bond donors (Lipinski definition) is 4. The molecule has 1 aromatic carbocycles. The largest absolute Gasteiger partial charge is 0.478 e. The smallest absolute Gasteiger partial charge is 0.335 e.